The van der Waals surface area contributed by atoms with Gasteiger partial charge in [-0.2, -0.15) is 0 Å². The quantitative estimate of drug-likeness (QED) is 0.204. The zero-order valence-electron chi connectivity index (χ0n) is 22.6. The molecule has 0 aliphatic carbocycles. The molecule has 0 radical (unpaired) electrons. The molecular formula is C31H30N2O8. The van der Waals surface area contributed by atoms with Gasteiger partial charge in [0.15, 0.2) is 11.3 Å². The number of carbonyl (C=O) groups is 1. The number of fused-ring (bicyclic) bond motifs is 4. The maximum atomic E-state index is 13.2. The Hall–Kier alpha value is -4.38. The summed E-state index contributed by atoms with van der Waals surface area (Å²) in [6.45, 7) is 2.58. The van der Waals surface area contributed by atoms with Crippen LogP contribution in [0.3, 0.4) is 0 Å². The second-order valence-electron chi connectivity index (χ2n) is 9.71. The first-order chi connectivity index (χ1) is 20.1. The van der Waals surface area contributed by atoms with Gasteiger partial charge in [0.05, 0.1) is 37.7 Å². The van der Waals surface area contributed by atoms with Crippen LogP contribution in [0.25, 0.3) is 44.0 Å². The Bertz CT molecular complexity index is 1770. The number of carbonyl (C=O) groups excluding carboxylic acids is 1. The molecule has 1 atom stereocenters. The Kier molecular flexibility index (Phi) is 7.60. The van der Waals surface area contributed by atoms with Crippen LogP contribution in [-0.4, -0.2) is 70.3 Å². The molecule has 0 saturated carbocycles. The molecule has 212 valence electrons. The number of para-hydroxylation sites is 2. The summed E-state index contributed by atoms with van der Waals surface area (Å²) in [6.07, 6.45) is 0. The van der Waals surface area contributed by atoms with Gasteiger partial charge in [-0.3, -0.25) is 14.9 Å². The van der Waals surface area contributed by atoms with E-state index in [1.165, 1.54) is 7.11 Å². The molecule has 0 amide bonds. The number of nitrogens with one attached hydrogen (secondary N) is 1. The number of benzene rings is 3. The van der Waals surface area contributed by atoms with Crippen molar-refractivity contribution in [2.45, 2.75) is 6.04 Å². The molecule has 6 rings (SSSR count). The van der Waals surface area contributed by atoms with Crippen molar-refractivity contribution in [1.29, 1.82) is 0 Å². The van der Waals surface area contributed by atoms with Gasteiger partial charge in [-0.15, -0.1) is 0 Å². The number of rotatable bonds is 9. The molecule has 0 unspecified atom stereocenters. The SMILES string of the molecule is COC(=O)[C@H](CO)NCCOc1ccc(-c2cccc3c(=O)cc(N4CCOCC4)oc23)c2oc3ccccc3c12. The second kappa shape index (κ2) is 11.6. The maximum absolute atomic E-state index is 13.2. The normalized spacial score (nSPS) is 14.5. The zero-order chi connectivity index (χ0) is 28.3. The smallest absolute Gasteiger partial charge is 0.325 e. The van der Waals surface area contributed by atoms with Crippen molar-refractivity contribution >= 4 is 44.8 Å². The molecule has 2 aromatic heterocycles. The molecule has 1 saturated heterocycles. The van der Waals surface area contributed by atoms with E-state index in [-0.39, 0.29) is 18.6 Å². The van der Waals surface area contributed by atoms with Crippen molar-refractivity contribution in [1.82, 2.24) is 5.32 Å². The number of aliphatic hydroxyl groups excluding tert-OH is 1. The minimum Gasteiger partial charge on any atom is -0.491 e. The summed E-state index contributed by atoms with van der Waals surface area (Å²) in [7, 11) is 1.27. The molecule has 0 bridgehead atoms. The molecular weight excluding hydrogens is 528 g/mol. The Labute approximate surface area is 235 Å². The van der Waals surface area contributed by atoms with E-state index in [0.29, 0.717) is 66.6 Å². The fraction of sp³-hybridized carbons (Fsp3) is 0.290. The van der Waals surface area contributed by atoms with Crippen molar-refractivity contribution < 1.29 is 32.9 Å². The van der Waals surface area contributed by atoms with Crippen LogP contribution < -0.4 is 20.4 Å². The predicted molar refractivity (Wildman–Crippen MR) is 155 cm³/mol. The molecule has 1 aliphatic rings. The molecule has 10 heteroatoms. The van der Waals surface area contributed by atoms with Gasteiger partial charge in [0.25, 0.3) is 0 Å². The van der Waals surface area contributed by atoms with Crippen LogP contribution in [0.1, 0.15) is 0 Å². The van der Waals surface area contributed by atoms with E-state index >= 15 is 0 Å². The van der Waals surface area contributed by atoms with E-state index < -0.39 is 12.0 Å². The fourth-order valence-corrected chi connectivity index (χ4v) is 5.21. The lowest BCUT2D eigenvalue weighted by Crippen LogP contribution is -2.42. The molecule has 1 aliphatic heterocycles. The highest BCUT2D eigenvalue weighted by molar-refractivity contribution is 6.14. The first-order valence-corrected chi connectivity index (χ1v) is 13.5. The molecule has 0 spiro atoms. The third-order valence-electron chi connectivity index (χ3n) is 7.26. The van der Waals surface area contributed by atoms with Crippen LogP contribution >= 0.6 is 0 Å². The summed E-state index contributed by atoms with van der Waals surface area (Å²) in [6, 6.07) is 17.7. The molecule has 2 N–H and O–H groups in total. The van der Waals surface area contributed by atoms with E-state index in [2.05, 4.69) is 5.32 Å². The highest BCUT2D eigenvalue weighted by atomic mass is 16.5. The van der Waals surface area contributed by atoms with Gasteiger partial charge in [-0.1, -0.05) is 30.3 Å². The minimum absolute atomic E-state index is 0.115. The van der Waals surface area contributed by atoms with Crippen molar-refractivity contribution in [3.05, 3.63) is 70.9 Å². The van der Waals surface area contributed by atoms with Crippen LogP contribution in [0.15, 0.2) is 74.3 Å². The lowest BCUT2D eigenvalue weighted by atomic mass is 9.99. The Morgan fingerprint density at radius 2 is 1.78 bits per heavy atom. The summed E-state index contributed by atoms with van der Waals surface area (Å²) in [5.41, 5.74) is 3.16. The monoisotopic (exact) mass is 558 g/mol. The van der Waals surface area contributed by atoms with Crippen molar-refractivity contribution in [3.8, 4) is 16.9 Å². The third-order valence-corrected chi connectivity index (χ3v) is 7.26. The second-order valence-corrected chi connectivity index (χ2v) is 9.71. The van der Waals surface area contributed by atoms with Crippen LogP contribution in [-0.2, 0) is 14.3 Å². The predicted octanol–water partition coefficient (Wildman–Crippen LogP) is 3.70. The zero-order valence-corrected chi connectivity index (χ0v) is 22.6. The number of esters is 1. The van der Waals surface area contributed by atoms with Gasteiger partial charge in [-0.25, -0.2) is 0 Å². The van der Waals surface area contributed by atoms with Gasteiger partial charge in [-0.05, 0) is 24.3 Å². The average molecular weight is 559 g/mol. The lowest BCUT2D eigenvalue weighted by molar-refractivity contribution is -0.144. The van der Waals surface area contributed by atoms with Gasteiger partial charge in [0.1, 0.15) is 35.1 Å². The third kappa shape index (κ3) is 5.13. The average Bonchev–Trinajstić information content (AvgIpc) is 3.41. The topological polar surface area (TPSA) is 124 Å². The van der Waals surface area contributed by atoms with E-state index in [1.54, 1.807) is 12.1 Å². The molecule has 5 aromatic rings. The van der Waals surface area contributed by atoms with Gasteiger partial charge >= 0.3 is 5.97 Å². The largest absolute Gasteiger partial charge is 0.491 e. The van der Waals surface area contributed by atoms with Crippen LogP contribution in [0.4, 0.5) is 5.88 Å². The van der Waals surface area contributed by atoms with Crippen molar-refractivity contribution in [2.24, 2.45) is 0 Å². The molecule has 10 nitrogen and oxygen atoms in total. The molecule has 3 aromatic carbocycles. The first-order valence-electron chi connectivity index (χ1n) is 13.5. The minimum atomic E-state index is -0.830. The van der Waals surface area contributed by atoms with E-state index in [1.807, 2.05) is 53.4 Å². The van der Waals surface area contributed by atoms with Crippen LogP contribution in [0.2, 0.25) is 0 Å². The Morgan fingerprint density at radius 1 is 1.00 bits per heavy atom. The number of nitrogens with zero attached hydrogens (tertiary/aromatic N) is 1. The van der Waals surface area contributed by atoms with E-state index in [0.717, 1.165) is 21.9 Å². The summed E-state index contributed by atoms with van der Waals surface area (Å²) in [4.78, 5) is 26.9. The number of aliphatic hydroxyl groups is 1. The number of hydrogen-bond acceptors (Lipinski definition) is 10. The molecule has 41 heavy (non-hydrogen) atoms. The number of anilines is 1. The van der Waals surface area contributed by atoms with Gasteiger partial charge in [0, 0.05) is 42.2 Å². The first kappa shape index (κ1) is 26.8. The van der Waals surface area contributed by atoms with E-state index in [4.69, 9.17) is 23.0 Å². The Morgan fingerprint density at radius 3 is 2.59 bits per heavy atom. The van der Waals surface area contributed by atoms with Gasteiger partial charge < -0.3 is 33.1 Å². The molecule has 1 fully saturated rings. The number of furan rings is 1. The summed E-state index contributed by atoms with van der Waals surface area (Å²) in [5, 5.41) is 14.5. The highest BCUT2D eigenvalue weighted by Crippen LogP contribution is 2.42. The number of ether oxygens (including phenoxy) is 3. The standard InChI is InChI=1S/C31H30N2O8/c1-37-31(36)23(18-34)32-11-14-39-26-10-9-20(30-28(26)22-5-2-3-8-25(22)40-30)19-6-4-7-21-24(35)17-27(41-29(19)21)33-12-15-38-16-13-33/h2-10,17,23,32,34H,11-16,18H2,1H3/t23-/m0/s1. The lowest BCUT2D eigenvalue weighted by Gasteiger charge is -2.27. The number of morpholine rings is 1. The number of hydrogen-bond donors (Lipinski definition) is 2. The number of methoxy groups -OCH3 is 1. The van der Waals surface area contributed by atoms with Crippen molar-refractivity contribution in [2.75, 3.05) is 58.1 Å². The summed E-state index contributed by atoms with van der Waals surface area (Å²) < 4.78 is 29.1. The maximum Gasteiger partial charge on any atom is 0.325 e. The van der Waals surface area contributed by atoms with Crippen LogP contribution in [0, 0.1) is 0 Å². The van der Waals surface area contributed by atoms with Crippen molar-refractivity contribution in [3.63, 3.8) is 0 Å². The van der Waals surface area contributed by atoms with Gasteiger partial charge in [0.2, 0.25) is 0 Å². The molecule has 3 heterocycles. The fourth-order valence-electron chi connectivity index (χ4n) is 5.21. The highest BCUT2D eigenvalue weighted by Gasteiger charge is 2.22. The Balaban J connectivity index is 1.41. The summed E-state index contributed by atoms with van der Waals surface area (Å²) >= 11 is 0. The van der Waals surface area contributed by atoms with E-state index in [9.17, 15) is 14.7 Å². The summed E-state index contributed by atoms with van der Waals surface area (Å²) in [5.74, 6) is 0.572. The van der Waals surface area contributed by atoms with Crippen LogP contribution in [0.5, 0.6) is 5.75 Å².